The van der Waals surface area contributed by atoms with E-state index in [0.717, 1.165) is 128 Å². The fourth-order valence-electron chi connectivity index (χ4n) is 16.0. The largest absolute Gasteiger partial charge is 0.481 e. The van der Waals surface area contributed by atoms with Crippen LogP contribution < -0.4 is 0 Å². The van der Waals surface area contributed by atoms with E-state index in [1.165, 1.54) is 0 Å². The number of hydrogen-bond acceptors (Lipinski definition) is 13. The molecule has 0 spiro atoms. The van der Waals surface area contributed by atoms with Crippen LogP contribution >= 0.6 is 0 Å². The van der Waals surface area contributed by atoms with Gasteiger partial charge in [-0.1, -0.05) is 0 Å². The molecule has 0 saturated heterocycles. The number of aliphatic hydroxyl groups is 2. The monoisotopic (exact) mass is 1490 g/mol. The summed E-state index contributed by atoms with van der Waals surface area (Å²) in [6, 6.07) is 31.7. The van der Waals surface area contributed by atoms with Gasteiger partial charge in [-0.15, -0.1) is 0 Å². The summed E-state index contributed by atoms with van der Waals surface area (Å²) in [7, 11) is 0. The van der Waals surface area contributed by atoms with Crippen molar-refractivity contribution in [3.05, 3.63) is 210 Å². The van der Waals surface area contributed by atoms with Crippen molar-refractivity contribution in [2.45, 2.75) is 159 Å². The lowest BCUT2D eigenvalue weighted by atomic mass is 9.98. The molecule has 0 aliphatic carbocycles. The van der Waals surface area contributed by atoms with Gasteiger partial charge in [0, 0.05) is 114 Å². The van der Waals surface area contributed by atoms with E-state index in [0.29, 0.717) is 95.3 Å². The molecule has 9 aromatic rings. The minimum absolute atomic E-state index is 0.129. The second-order valence-electron chi connectivity index (χ2n) is 29.3. The number of carboxylic acid groups (broad SMARTS) is 4. The van der Waals surface area contributed by atoms with Crippen LogP contribution in [-0.4, -0.2) is 120 Å². The van der Waals surface area contributed by atoms with Gasteiger partial charge in [-0.05, 0) is 297 Å². The average molecular weight is 1490 g/mol. The zero-order chi connectivity index (χ0) is 78.7. The number of carbonyl (C=O) groups is 4. The van der Waals surface area contributed by atoms with Crippen LogP contribution in [0.25, 0.3) is 135 Å². The lowest BCUT2D eigenvalue weighted by Crippen LogP contribution is -2.06. The fourth-order valence-corrected chi connectivity index (χ4v) is 16.0. The molecule has 23 heteroatoms. The van der Waals surface area contributed by atoms with Gasteiger partial charge in [-0.3, -0.25) is 19.2 Å². The summed E-state index contributed by atoms with van der Waals surface area (Å²) in [5.41, 5.74) is 30.3. The number of aryl methyl sites for hydroxylation is 5. The first kappa shape index (κ1) is 75.4. The number of hydrogen-bond donors (Lipinski definition) is 12. The van der Waals surface area contributed by atoms with Gasteiger partial charge in [0.05, 0.1) is 92.7 Å². The summed E-state index contributed by atoms with van der Waals surface area (Å²) in [6.07, 6.45) is 5.32. The van der Waals surface area contributed by atoms with Crippen molar-refractivity contribution >= 4 is 159 Å². The molecule has 24 bridgehead atoms. The lowest BCUT2D eigenvalue weighted by molar-refractivity contribution is -0.137. The number of aromatic amines is 6. The summed E-state index contributed by atoms with van der Waals surface area (Å²) in [4.78, 5) is 99.2. The summed E-state index contributed by atoms with van der Waals surface area (Å²) < 4.78 is 7.28. The number of H-pyrrole nitrogens is 6. The minimum atomic E-state index is -0.962. The molecular formula is C88H88N12O11. The molecule has 6 aliphatic heterocycles. The van der Waals surface area contributed by atoms with Crippen LogP contribution in [0.2, 0.25) is 0 Å². The van der Waals surface area contributed by atoms with Crippen molar-refractivity contribution in [2.24, 2.45) is 0 Å². The maximum Gasteiger partial charge on any atom is 0.303 e. The first-order valence-electron chi connectivity index (χ1n) is 37.2. The van der Waals surface area contributed by atoms with Crippen molar-refractivity contribution in [3.63, 3.8) is 0 Å². The quantitative estimate of drug-likeness (QED) is 0.0380. The number of nitrogens with zero attached hydrogens (tertiary/aromatic N) is 6. The summed E-state index contributed by atoms with van der Waals surface area (Å²) in [5, 5.41) is 62.2. The first-order chi connectivity index (χ1) is 53.0. The molecule has 0 aromatic carbocycles. The average Bonchev–Trinajstić information content (AvgIpc) is 1.61. The Morgan fingerprint density at radius 2 is 0.667 bits per heavy atom. The number of allylic oxidation sites excluding steroid dienone is 7. The molecule has 4 atom stereocenters. The second-order valence-corrected chi connectivity index (χ2v) is 29.3. The van der Waals surface area contributed by atoms with Crippen LogP contribution in [0.4, 0.5) is 0 Å². The van der Waals surface area contributed by atoms with E-state index in [-0.39, 0.29) is 51.4 Å². The standard InChI is InChI=1S/C68H74N8O11.C20H14N4/c1-29-41(13-17-61(79)80)53-28-56-44(16-20-64(85)86)32(4)48(72-56)24-59-68(36(8)52(76-59)25-58-65(37(9)77)33(5)49(73-58)21-45(29)69-53)40(12)87-39(11)67-35(7)50-22-46-30(2)42(14-18-62(81)82)54(70-46)27-55-43(15-19-63(83)84)31(3)47(71-55)23-57-66(38(10)78)34(6)51(74-57)26-60(67)75-50;1-2-14-10-16-5-6-18(23-16)12-20-8-7-19(24-20)11-17-4-3-15(22-17)9-13(1)21-14/h21-28,37-40,72,74-78H,13-20H2,1-12H3,(H,79,80)(H,81,82)(H,83,84)(H,85,86);1-12,21-22H. The van der Waals surface area contributed by atoms with Gasteiger partial charge in [0.25, 0.3) is 0 Å². The highest BCUT2D eigenvalue weighted by Gasteiger charge is 2.29. The van der Waals surface area contributed by atoms with E-state index in [2.05, 4.69) is 70.2 Å². The molecule has 0 fully saturated rings. The number of aliphatic hydroxyl groups excluding tert-OH is 2. The van der Waals surface area contributed by atoms with E-state index in [1.807, 2.05) is 160 Å². The number of fused-ring (bicyclic) bond motifs is 24. The van der Waals surface area contributed by atoms with Gasteiger partial charge >= 0.3 is 23.9 Å². The number of aromatic nitrogens is 12. The predicted molar refractivity (Wildman–Crippen MR) is 437 cm³/mol. The van der Waals surface area contributed by atoms with Gasteiger partial charge in [0.15, 0.2) is 0 Å². The normalized spacial score (nSPS) is 14.5. The summed E-state index contributed by atoms with van der Waals surface area (Å²) in [6.45, 7) is 23.0. The van der Waals surface area contributed by atoms with Crippen LogP contribution in [0.5, 0.6) is 0 Å². The SMILES string of the molecule is C1=Cc2cc3ccc(cc4ccc(cc5nc(cc1n2)C=C5)[nH]4)[nH]3.CC1=C(CCC(=O)O)c2cc3nc(cc4[nH]c(cc5[nH]c(cc1n2)c(C)c5C(C)OC(C)c1c(C)c2cc5nc(cc6nc(cc7[nH]c(cc1[nH]2)c(C)c7CCC(=O)O)C(CCC(=O)O)=C6C)C(C)=C5C(C)O)c(C)c4C(C)O)C(C)=C3CCC(=O)O. The molecule has 9 aromatic heterocycles. The molecule has 566 valence electrons. The molecule has 0 radical (unpaired) electrons. The first-order valence-corrected chi connectivity index (χ1v) is 37.2. The Morgan fingerprint density at radius 3 is 1.12 bits per heavy atom. The van der Waals surface area contributed by atoms with E-state index in [4.69, 9.17) is 24.7 Å². The third kappa shape index (κ3) is 15.5. The van der Waals surface area contributed by atoms with E-state index in [9.17, 15) is 49.8 Å². The van der Waals surface area contributed by atoms with Crippen LogP contribution in [0.3, 0.4) is 0 Å². The van der Waals surface area contributed by atoms with Crippen LogP contribution in [-0.2, 0) is 30.3 Å². The third-order valence-corrected chi connectivity index (χ3v) is 21.7. The van der Waals surface area contributed by atoms with Crippen molar-refractivity contribution in [2.75, 3.05) is 0 Å². The van der Waals surface area contributed by atoms with Gasteiger partial charge in [-0.2, -0.15) is 0 Å². The Kier molecular flexibility index (Phi) is 20.7. The summed E-state index contributed by atoms with van der Waals surface area (Å²) in [5.74, 6) is -3.82. The molecule has 15 heterocycles. The molecule has 23 nitrogen and oxygen atoms in total. The number of ether oxygens (including phenoxy) is 1. The minimum Gasteiger partial charge on any atom is -0.481 e. The predicted octanol–water partition coefficient (Wildman–Crippen LogP) is 18.4. The third-order valence-electron chi connectivity index (χ3n) is 21.7. The molecule has 0 amide bonds. The van der Waals surface area contributed by atoms with E-state index in [1.54, 1.807) is 13.8 Å². The van der Waals surface area contributed by atoms with Crippen molar-refractivity contribution in [1.82, 2.24) is 59.8 Å². The van der Waals surface area contributed by atoms with Gasteiger partial charge in [-0.25, -0.2) is 29.9 Å². The van der Waals surface area contributed by atoms with E-state index < -0.39 is 48.3 Å². The number of carboxylic acids is 4. The Labute approximate surface area is 638 Å². The van der Waals surface area contributed by atoms with Gasteiger partial charge in [0.2, 0.25) is 0 Å². The molecule has 0 saturated carbocycles. The Morgan fingerprint density at radius 1 is 0.333 bits per heavy atom. The van der Waals surface area contributed by atoms with Crippen molar-refractivity contribution in [3.8, 4) is 0 Å². The highest BCUT2D eigenvalue weighted by Crippen LogP contribution is 2.44. The van der Waals surface area contributed by atoms with Gasteiger partial charge in [0.1, 0.15) is 0 Å². The topological polar surface area (TPSA) is 371 Å². The Balaban J connectivity index is 0.000000357. The second kappa shape index (κ2) is 30.5. The van der Waals surface area contributed by atoms with Crippen LogP contribution in [0.1, 0.15) is 231 Å². The Bertz CT molecular complexity index is 6100. The zero-order valence-corrected chi connectivity index (χ0v) is 63.9. The fraction of sp³-hybridized carbons (Fsp3) is 0.273. The molecule has 15 rings (SSSR count). The van der Waals surface area contributed by atoms with Crippen molar-refractivity contribution < 1.29 is 54.6 Å². The molecule has 4 unspecified atom stereocenters. The highest BCUT2D eigenvalue weighted by atomic mass is 16.5. The lowest BCUT2D eigenvalue weighted by Gasteiger charge is -2.20. The Hall–Kier alpha value is -12.4. The molecular weight excluding hydrogens is 1400 g/mol. The molecule has 111 heavy (non-hydrogen) atoms. The van der Waals surface area contributed by atoms with Gasteiger partial charge < -0.3 is 65.3 Å². The van der Waals surface area contributed by atoms with Crippen molar-refractivity contribution in [1.29, 1.82) is 0 Å². The molecule has 12 N–H and O–H groups in total. The smallest absolute Gasteiger partial charge is 0.303 e. The number of nitrogens with one attached hydrogen (secondary N) is 6. The number of aliphatic carboxylic acids is 4. The van der Waals surface area contributed by atoms with E-state index >= 15 is 0 Å². The highest BCUT2D eigenvalue weighted by molar-refractivity contribution is 5.99. The number of rotatable bonds is 18. The maximum atomic E-state index is 12.2. The van der Waals surface area contributed by atoms with Crippen LogP contribution in [0.15, 0.2) is 97.1 Å². The summed E-state index contributed by atoms with van der Waals surface area (Å²) >= 11 is 0. The maximum absolute atomic E-state index is 12.2. The van der Waals surface area contributed by atoms with Crippen LogP contribution in [0, 0.1) is 27.7 Å². The molecule has 6 aliphatic rings. The zero-order valence-electron chi connectivity index (χ0n) is 63.9.